The van der Waals surface area contributed by atoms with E-state index in [1.807, 2.05) is 7.11 Å². The molecule has 0 heterocycles. The third kappa shape index (κ3) is 3.69. The van der Waals surface area contributed by atoms with Crippen molar-refractivity contribution in [2.24, 2.45) is 23.7 Å². The largest absolute Gasteiger partial charge is 0.380 e. The Balaban J connectivity index is 2.67. The Kier molecular flexibility index (Phi) is 5.94. The summed E-state index contributed by atoms with van der Waals surface area (Å²) in [5.74, 6) is 3.10. The first-order valence-electron chi connectivity index (χ1n) is 7.21. The van der Waals surface area contributed by atoms with E-state index in [2.05, 4.69) is 40.1 Å². The van der Waals surface area contributed by atoms with E-state index in [1.165, 1.54) is 19.3 Å². The van der Waals surface area contributed by atoms with Crippen LogP contribution in [-0.2, 0) is 4.74 Å². The Morgan fingerprint density at radius 3 is 2.18 bits per heavy atom. The zero-order chi connectivity index (χ0) is 13.0. The summed E-state index contributed by atoms with van der Waals surface area (Å²) in [6, 6.07) is 0.509. The minimum Gasteiger partial charge on any atom is -0.380 e. The number of rotatable bonds is 5. The lowest BCUT2D eigenvalue weighted by atomic mass is 9.71. The van der Waals surface area contributed by atoms with Crippen LogP contribution in [0.5, 0.6) is 0 Å². The Hall–Kier alpha value is -0.0800. The molecule has 5 atom stereocenters. The molecule has 1 aliphatic carbocycles. The van der Waals surface area contributed by atoms with Gasteiger partial charge in [0.2, 0.25) is 0 Å². The summed E-state index contributed by atoms with van der Waals surface area (Å²) in [6.07, 6.45) is 4.41. The molecule has 0 amide bonds. The predicted molar refractivity (Wildman–Crippen MR) is 74.2 cm³/mol. The van der Waals surface area contributed by atoms with Gasteiger partial charge in [-0.3, -0.25) is 0 Å². The van der Waals surface area contributed by atoms with Crippen molar-refractivity contribution in [1.82, 2.24) is 5.32 Å². The number of likely N-dealkylation sites (N-methyl/N-ethyl adjacent to an activating group) is 1. The molecule has 0 aromatic carbocycles. The summed E-state index contributed by atoms with van der Waals surface area (Å²) in [5.41, 5.74) is 0. The van der Waals surface area contributed by atoms with Crippen molar-refractivity contribution >= 4 is 0 Å². The number of hydrogen-bond donors (Lipinski definition) is 1. The maximum Gasteiger partial charge on any atom is 0.0749 e. The van der Waals surface area contributed by atoms with Crippen LogP contribution in [0.15, 0.2) is 0 Å². The maximum absolute atomic E-state index is 5.72. The van der Waals surface area contributed by atoms with Crippen LogP contribution < -0.4 is 5.32 Å². The zero-order valence-electron chi connectivity index (χ0n) is 12.5. The SMILES string of the molecule is CNC(C1CCC(C)C(C)C1)C(OC)C(C)C. The van der Waals surface area contributed by atoms with Gasteiger partial charge in [0, 0.05) is 13.2 Å². The third-order valence-electron chi connectivity index (χ3n) is 4.76. The van der Waals surface area contributed by atoms with Crippen molar-refractivity contribution in [3.05, 3.63) is 0 Å². The van der Waals surface area contributed by atoms with Gasteiger partial charge in [-0.15, -0.1) is 0 Å². The van der Waals surface area contributed by atoms with Gasteiger partial charge in [0.25, 0.3) is 0 Å². The van der Waals surface area contributed by atoms with Gasteiger partial charge in [0.1, 0.15) is 0 Å². The molecule has 102 valence electrons. The average molecular weight is 241 g/mol. The molecule has 1 saturated carbocycles. The maximum atomic E-state index is 5.72. The lowest BCUT2D eigenvalue weighted by Gasteiger charge is -2.40. The van der Waals surface area contributed by atoms with Gasteiger partial charge in [0.15, 0.2) is 0 Å². The van der Waals surface area contributed by atoms with E-state index in [4.69, 9.17) is 4.74 Å². The fourth-order valence-corrected chi connectivity index (χ4v) is 3.42. The van der Waals surface area contributed by atoms with E-state index in [0.717, 1.165) is 17.8 Å². The number of methoxy groups -OCH3 is 1. The van der Waals surface area contributed by atoms with Crippen molar-refractivity contribution in [2.75, 3.05) is 14.2 Å². The van der Waals surface area contributed by atoms with Crippen LogP contribution in [0.1, 0.15) is 47.0 Å². The highest BCUT2D eigenvalue weighted by atomic mass is 16.5. The van der Waals surface area contributed by atoms with Crippen LogP contribution in [0.3, 0.4) is 0 Å². The summed E-state index contributed by atoms with van der Waals surface area (Å²) >= 11 is 0. The molecular weight excluding hydrogens is 210 g/mol. The first-order chi connectivity index (χ1) is 8.01. The lowest BCUT2D eigenvalue weighted by Crippen LogP contribution is -2.48. The van der Waals surface area contributed by atoms with Crippen LogP contribution in [0.25, 0.3) is 0 Å². The molecule has 17 heavy (non-hydrogen) atoms. The van der Waals surface area contributed by atoms with E-state index in [1.54, 1.807) is 0 Å². The van der Waals surface area contributed by atoms with Gasteiger partial charge in [-0.25, -0.2) is 0 Å². The van der Waals surface area contributed by atoms with Crippen LogP contribution in [-0.4, -0.2) is 26.3 Å². The predicted octanol–water partition coefficient (Wildman–Crippen LogP) is 3.32. The fraction of sp³-hybridized carbons (Fsp3) is 1.00. The molecule has 1 N–H and O–H groups in total. The van der Waals surface area contributed by atoms with E-state index in [9.17, 15) is 0 Å². The molecule has 1 rings (SSSR count). The van der Waals surface area contributed by atoms with Crippen LogP contribution >= 0.6 is 0 Å². The Morgan fingerprint density at radius 2 is 1.76 bits per heavy atom. The quantitative estimate of drug-likeness (QED) is 0.797. The molecule has 0 radical (unpaired) electrons. The summed E-state index contributed by atoms with van der Waals surface area (Å²) < 4.78 is 5.72. The summed E-state index contributed by atoms with van der Waals surface area (Å²) in [4.78, 5) is 0. The van der Waals surface area contributed by atoms with E-state index in [-0.39, 0.29) is 0 Å². The average Bonchev–Trinajstić information content (AvgIpc) is 2.29. The van der Waals surface area contributed by atoms with Gasteiger partial charge in [-0.05, 0) is 43.6 Å². The second-order valence-corrected chi connectivity index (χ2v) is 6.29. The van der Waals surface area contributed by atoms with Crippen molar-refractivity contribution in [3.63, 3.8) is 0 Å². The number of ether oxygens (including phenoxy) is 1. The smallest absolute Gasteiger partial charge is 0.0749 e. The standard InChI is InChI=1S/C15H31NO/c1-10(2)15(17-6)14(16-5)13-8-7-11(3)12(4)9-13/h10-16H,7-9H2,1-6H3. The lowest BCUT2D eigenvalue weighted by molar-refractivity contribution is 0.00330. The highest BCUT2D eigenvalue weighted by molar-refractivity contribution is 4.89. The topological polar surface area (TPSA) is 21.3 Å². The molecule has 0 aromatic rings. The normalized spacial score (nSPS) is 33.7. The van der Waals surface area contributed by atoms with Gasteiger partial charge in [-0.1, -0.05) is 34.1 Å². The molecule has 5 unspecified atom stereocenters. The Labute approximate surface area is 108 Å². The van der Waals surface area contributed by atoms with E-state index < -0.39 is 0 Å². The first-order valence-corrected chi connectivity index (χ1v) is 7.21. The Morgan fingerprint density at radius 1 is 1.12 bits per heavy atom. The van der Waals surface area contributed by atoms with Gasteiger partial charge < -0.3 is 10.1 Å². The molecule has 0 saturated heterocycles. The van der Waals surface area contributed by atoms with Crippen LogP contribution in [0.2, 0.25) is 0 Å². The molecule has 2 nitrogen and oxygen atoms in total. The molecule has 1 aliphatic rings. The molecule has 1 fully saturated rings. The van der Waals surface area contributed by atoms with Crippen molar-refractivity contribution in [2.45, 2.75) is 59.1 Å². The highest BCUT2D eigenvalue weighted by Crippen LogP contribution is 2.36. The molecule has 2 heteroatoms. The number of nitrogens with one attached hydrogen (secondary N) is 1. The molecule has 0 aliphatic heterocycles. The highest BCUT2D eigenvalue weighted by Gasteiger charge is 2.34. The minimum atomic E-state index is 0.339. The van der Waals surface area contributed by atoms with Crippen LogP contribution in [0, 0.1) is 23.7 Å². The van der Waals surface area contributed by atoms with Gasteiger partial charge in [0.05, 0.1) is 6.10 Å². The first kappa shape index (κ1) is 15.0. The summed E-state index contributed by atoms with van der Waals surface area (Å²) in [5, 5.41) is 3.51. The van der Waals surface area contributed by atoms with Gasteiger partial charge in [-0.2, -0.15) is 0 Å². The molecule has 0 aromatic heterocycles. The minimum absolute atomic E-state index is 0.339. The van der Waals surface area contributed by atoms with Gasteiger partial charge >= 0.3 is 0 Å². The van der Waals surface area contributed by atoms with Crippen LogP contribution in [0.4, 0.5) is 0 Å². The second-order valence-electron chi connectivity index (χ2n) is 6.29. The van der Waals surface area contributed by atoms with Crippen molar-refractivity contribution in [1.29, 1.82) is 0 Å². The third-order valence-corrected chi connectivity index (χ3v) is 4.76. The summed E-state index contributed by atoms with van der Waals surface area (Å²) in [7, 11) is 3.94. The number of hydrogen-bond acceptors (Lipinski definition) is 2. The molecular formula is C15H31NO. The van der Waals surface area contributed by atoms with Crippen molar-refractivity contribution in [3.8, 4) is 0 Å². The fourth-order valence-electron chi connectivity index (χ4n) is 3.42. The van der Waals surface area contributed by atoms with E-state index >= 15 is 0 Å². The second kappa shape index (κ2) is 6.75. The van der Waals surface area contributed by atoms with Crippen molar-refractivity contribution < 1.29 is 4.74 Å². The monoisotopic (exact) mass is 241 g/mol. The molecule has 0 spiro atoms. The Bertz CT molecular complexity index is 217. The zero-order valence-corrected chi connectivity index (χ0v) is 12.5. The summed E-state index contributed by atoms with van der Waals surface area (Å²) in [6.45, 7) is 9.31. The van der Waals surface area contributed by atoms with E-state index in [0.29, 0.717) is 18.1 Å². The molecule has 0 bridgehead atoms.